The van der Waals surface area contributed by atoms with E-state index in [4.69, 9.17) is 4.74 Å². The summed E-state index contributed by atoms with van der Waals surface area (Å²) >= 11 is 0. The van der Waals surface area contributed by atoms with Crippen LogP contribution in [-0.2, 0) is 19.7 Å². The van der Waals surface area contributed by atoms with Crippen molar-refractivity contribution >= 4 is 23.6 Å². The summed E-state index contributed by atoms with van der Waals surface area (Å²) in [6, 6.07) is 3.58. The zero-order valence-corrected chi connectivity index (χ0v) is 20.8. The number of anilines is 1. The van der Waals surface area contributed by atoms with E-state index in [2.05, 4.69) is 10.2 Å². The quantitative estimate of drug-likeness (QED) is 0.686. The minimum Gasteiger partial charge on any atom is -0.459 e. The van der Waals surface area contributed by atoms with Crippen molar-refractivity contribution in [2.45, 2.75) is 77.9 Å². The summed E-state index contributed by atoms with van der Waals surface area (Å²) < 4.78 is 19.4. The molecule has 2 aliphatic rings. The number of amides is 3. The van der Waals surface area contributed by atoms with E-state index in [0.29, 0.717) is 30.9 Å². The predicted octanol–water partition coefficient (Wildman–Crippen LogP) is 3.99. The van der Waals surface area contributed by atoms with Crippen LogP contribution in [0.3, 0.4) is 0 Å². The summed E-state index contributed by atoms with van der Waals surface area (Å²) in [4.78, 5) is 41.6. The van der Waals surface area contributed by atoms with Gasteiger partial charge in [0.15, 0.2) is 0 Å². The number of hydrogen-bond acceptors (Lipinski definition) is 5. The lowest BCUT2D eigenvalue weighted by atomic mass is 9.86. The van der Waals surface area contributed by atoms with E-state index in [9.17, 15) is 18.8 Å². The van der Waals surface area contributed by atoms with Gasteiger partial charge in [-0.2, -0.15) is 0 Å². The van der Waals surface area contributed by atoms with Crippen LogP contribution in [0.25, 0.3) is 0 Å². The lowest BCUT2D eigenvalue weighted by molar-refractivity contribution is -0.168. The molecule has 33 heavy (non-hydrogen) atoms. The van der Waals surface area contributed by atoms with Gasteiger partial charge in [-0.1, -0.05) is 6.07 Å². The van der Waals surface area contributed by atoms with Crippen molar-refractivity contribution < 1.29 is 23.5 Å². The Morgan fingerprint density at radius 2 is 1.76 bits per heavy atom. The largest absolute Gasteiger partial charge is 0.459 e. The minimum absolute atomic E-state index is 0.220. The highest BCUT2D eigenvalue weighted by Gasteiger charge is 2.47. The van der Waals surface area contributed by atoms with Gasteiger partial charge in [0.05, 0.1) is 11.1 Å². The van der Waals surface area contributed by atoms with Crippen molar-refractivity contribution in [2.75, 3.05) is 24.5 Å². The van der Waals surface area contributed by atoms with Crippen molar-refractivity contribution in [2.24, 2.45) is 5.92 Å². The zero-order valence-electron chi connectivity index (χ0n) is 20.8. The first-order valence-corrected chi connectivity index (χ1v) is 11.6. The molecule has 0 radical (unpaired) electrons. The number of imide groups is 1. The Morgan fingerprint density at radius 1 is 1.15 bits per heavy atom. The summed E-state index contributed by atoms with van der Waals surface area (Å²) in [6.07, 6.45) is 1.61. The molecule has 0 unspecified atom stereocenters. The van der Waals surface area contributed by atoms with Gasteiger partial charge in [0, 0.05) is 6.54 Å². The summed E-state index contributed by atoms with van der Waals surface area (Å²) in [5, 5.41) is 2.86. The van der Waals surface area contributed by atoms with Crippen LogP contribution in [-0.4, -0.2) is 53.6 Å². The number of halogens is 1. The predicted molar refractivity (Wildman–Crippen MR) is 125 cm³/mol. The Morgan fingerprint density at radius 3 is 2.33 bits per heavy atom. The normalized spacial score (nSPS) is 19.4. The molecule has 3 amide bonds. The van der Waals surface area contributed by atoms with Crippen LogP contribution in [0, 0.1) is 11.7 Å². The third kappa shape index (κ3) is 5.05. The van der Waals surface area contributed by atoms with Crippen LogP contribution in [0.4, 0.5) is 14.9 Å². The number of ether oxygens (including phenoxy) is 1. The van der Waals surface area contributed by atoms with Gasteiger partial charge < -0.3 is 10.1 Å². The number of rotatable bonds is 4. The van der Waals surface area contributed by atoms with Gasteiger partial charge >= 0.3 is 12.0 Å². The van der Waals surface area contributed by atoms with E-state index in [1.165, 1.54) is 12.1 Å². The van der Waals surface area contributed by atoms with Gasteiger partial charge in [0.1, 0.15) is 17.0 Å². The lowest BCUT2D eigenvalue weighted by Crippen LogP contribution is -2.55. The number of piperidine rings is 1. The van der Waals surface area contributed by atoms with Gasteiger partial charge in [0.2, 0.25) is 5.91 Å². The summed E-state index contributed by atoms with van der Waals surface area (Å²) in [5.41, 5.74) is -1.22. The number of carbonyl (C=O) groups is 3. The molecule has 7 nitrogen and oxygen atoms in total. The maximum absolute atomic E-state index is 13.8. The van der Waals surface area contributed by atoms with Crippen LogP contribution >= 0.6 is 0 Å². The van der Waals surface area contributed by atoms with Crippen molar-refractivity contribution in [3.63, 3.8) is 0 Å². The van der Waals surface area contributed by atoms with Gasteiger partial charge in [-0.3, -0.25) is 14.5 Å². The maximum Gasteiger partial charge on any atom is 0.328 e. The number of carbonyl (C=O) groups excluding carboxylic acids is 3. The monoisotopic (exact) mass is 461 g/mol. The Hall–Kier alpha value is -2.48. The smallest absolute Gasteiger partial charge is 0.328 e. The zero-order chi connectivity index (χ0) is 24.8. The Labute approximate surface area is 195 Å². The Balaban J connectivity index is 1.58. The number of nitrogens with one attached hydrogen (secondary N) is 1. The summed E-state index contributed by atoms with van der Waals surface area (Å²) in [7, 11) is 0. The van der Waals surface area contributed by atoms with Gasteiger partial charge in [-0.25, -0.2) is 14.1 Å². The fourth-order valence-electron chi connectivity index (χ4n) is 4.46. The molecular weight excluding hydrogens is 425 g/mol. The molecule has 8 heteroatoms. The molecule has 1 aromatic carbocycles. The molecule has 3 rings (SSSR count). The van der Waals surface area contributed by atoms with Gasteiger partial charge in [-0.15, -0.1) is 0 Å². The van der Waals surface area contributed by atoms with Crippen LogP contribution in [0.15, 0.2) is 18.2 Å². The Bertz CT molecular complexity index is 943. The second-order valence-corrected chi connectivity index (χ2v) is 11.1. The highest BCUT2D eigenvalue weighted by molar-refractivity contribution is 6.22. The fourth-order valence-corrected chi connectivity index (χ4v) is 4.46. The SMILES string of the molecule is CC(C)(C)OC(=O)C(C)(C)N1CCC(CNC(=O)N2C(=O)C(C)(C)c3ccc(F)cc32)CC1. The lowest BCUT2D eigenvalue weighted by Gasteiger charge is -2.42. The first-order chi connectivity index (χ1) is 15.1. The van der Waals surface area contributed by atoms with E-state index in [-0.39, 0.29) is 17.8 Å². The molecule has 1 saturated heterocycles. The molecular formula is C25H36FN3O4. The second kappa shape index (κ2) is 8.70. The molecule has 0 aliphatic carbocycles. The van der Waals surface area contributed by atoms with E-state index in [1.54, 1.807) is 19.9 Å². The Kier molecular flexibility index (Phi) is 6.63. The minimum atomic E-state index is -0.890. The molecule has 0 spiro atoms. The van der Waals surface area contributed by atoms with E-state index in [0.717, 1.165) is 17.7 Å². The third-order valence-electron chi connectivity index (χ3n) is 6.66. The molecule has 2 aliphatic heterocycles. The number of urea groups is 1. The van der Waals surface area contributed by atoms with E-state index >= 15 is 0 Å². The number of hydrogen-bond donors (Lipinski definition) is 1. The van der Waals surface area contributed by atoms with Crippen LogP contribution in [0.1, 0.15) is 66.9 Å². The molecule has 0 atom stereocenters. The topological polar surface area (TPSA) is 79.0 Å². The molecule has 2 heterocycles. The maximum atomic E-state index is 13.8. The summed E-state index contributed by atoms with van der Waals surface area (Å²) in [5.74, 6) is -0.883. The molecule has 0 saturated carbocycles. The number of benzene rings is 1. The number of nitrogens with zero attached hydrogens (tertiary/aromatic N) is 2. The van der Waals surface area contributed by atoms with Crippen molar-refractivity contribution in [1.29, 1.82) is 0 Å². The van der Waals surface area contributed by atoms with E-state index in [1.807, 2.05) is 34.6 Å². The van der Waals surface area contributed by atoms with Crippen LogP contribution < -0.4 is 10.2 Å². The molecule has 0 bridgehead atoms. The van der Waals surface area contributed by atoms with Gasteiger partial charge in [-0.05, 0) is 98.0 Å². The van der Waals surface area contributed by atoms with Gasteiger partial charge in [0.25, 0.3) is 0 Å². The molecule has 0 aromatic heterocycles. The average molecular weight is 462 g/mol. The van der Waals surface area contributed by atoms with Crippen molar-refractivity contribution in [3.8, 4) is 0 Å². The number of fused-ring (bicyclic) bond motifs is 1. The highest BCUT2D eigenvalue weighted by Crippen LogP contribution is 2.41. The number of esters is 1. The molecule has 1 aromatic rings. The van der Waals surface area contributed by atoms with Crippen molar-refractivity contribution in [3.05, 3.63) is 29.6 Å². The van der Waals surface area contributed by atoms with Crippen LogP contribution in [0.5, 0.6) is 0 Å². The molecule has 1 fully saturated rings. The van der Waals surface area contributed by atoms with E-state index < -0.39 is 28.4 Å². The standard InChI is InChI=1S/C25H36FN3O4/c1-23(2,3)33-21(31)25(6,7)28-12-10-16(11-13-28)15-27-22(32)29-19-14-17(26)8-9-18(19)24(4,5)20(29)30/h8-9,14,16H,10-13,15H2,1-7H3,(H,27,32). The first-order valence-electron chi connectivity index (χ1n) is 11.6. The molecule has 182 valence electrons. The third-order valence-corrected chi connectivity index (χ3v) is 6.66. The first kappa shape index (κ1) is 25.1. The van der Waals surface area contributed by atoms with Crippen LogP contribution in [0.2, 0.25) is 0 Å². The highest BCUT2D eigenvalue weighted by atomic mass is 19.1. The van der Waals surface area contributed by atoms with Crippen molar-refractivity contribution in [1.82, 2.24) is 10.2 Å². The fraction of sp³-hybridized carbons (Fsp3) is 0.640. The second-order valence-electron chi connectivity index (χ2n) is 11.1. The molecule has 1 N–H and O–H groups in total. The summed E-state index contributed by atoms with van der Waals surface area (Å²) in [6.45, 7) is 14.6. The number of likely N-dealkylation sites (tertiary alicyclic amines) is 1. The average Bonchev–Trinajstić information content (AvgIpc) is 2.90.